The fourth-order valence-corrected chi connectivity index (χ4v) is 3.43. The van der Waals surface area contributed by atoms with Crippen LogP contribution in [0.5, 0.6) is 5.75 Å². The Morgan fingerprint density at radius 1 is 1.18 bits per heavy atom. The van der Waals surface area contributed by atoms with E-state index in [9.17, 15) is 9.18 Å². The third-order valence-corrected chi connectivity index (χ3v) is 5.01. The van der Waals surface area contributed by atoms with Crippen molar-refractivity contribution in [1.82, 2.24) is 9.97 Å². The zero-order valence-electron chi connectivity index (χ0n) is 18.9. The number of halogens is 1. The molecule has 6 N–H and O–H groups in total. The molecule has 0 bridgehead atoms. The molecular formula is C24H29FN6O2. The monoisotopic (exact) mass is 452 g/mol. The van der Waals surface area contributed by atoms with Crippen molar-refractivity contribution in [2.45, 2.75) is 26.3 Å². The molecular weight excluding hydrogens is 423 g/mol. The number of carbonyl (C=O) groups is 1. The van der Waals surface area contributed by atoms with E-state index < -0.39 is 11.7 Å². The second kappa shape index (κ2) is 10.7. The summed E-state index contributed by atoms with van der Waals surface area (Å²) in [5.74, 6) is -0.271. The summed E-state index contributed by atoms with van der Waals surface area (Å²) in [5, 5.41) is 6.11. The molecule has 3 rings (SSSR count). The summed E-state index contributed by atoms with van der Waals surface area (Å²) in [6.45, 7) is 4.43. The Morgan fingerprint density at radius 3 is 2.64 bits per heavy atom. The van der Waals surface area contributed by atoms with Crippen molar-refractivity contribution in [3.63, 3.8) is 0 Å². The van der Waals surface area contributed by atoms with Gasteiger partial charge in [-0.1, -0.05) is 26.0 Å². The summed E-state index contributed by atoms with van der Waals surface area (Å²) in [4.78, 5) is 20.7. The lowest BCUT2D eigenvalue weighted by atomic mass is 10.0. The number of nitrogens with one attached hydrogen (secondary N) is 2. The molecule has 2 heterocycles. The van der Waals surface area contributed by atoms with Gasteiger partial charge >= 0.3 is 0 Å². The van der Waals surface area contributed by atoms with E-state index in [0.717, 1.165) is 18.1 Å². The highest BCUT2D eigenvalue weighted by atomic mass is 19.1. The normalized spacial score (nSPS) is 11.8. The van der Waals surface area contributed by atoms with Crippen LogP contribution >= 0.6 is 0 Å². The maximum Gasteiger partial charge on any atom is 0.252 e. The topological polar surface area (TPSA) is 128 Å². The molecule has 33 heavy (non-hydrogen) atoms. The molecule has 174 valence electrons. The number of methoxy groups -OCH3 is 1. The first-order valence-corrected chi connectivity index (χ1v) is 10.6. The van der Waals surface area contributed by atoms with E-state index >= 15 is 0 Å². The number of primary amides is 1. The zero-order chi connectivity index (χ0) is 24.0. The lowest BCUT2D eigenvalue weighted by Gasteiger charge is -2.21. The molecule has 8 nitrogen and oxygen atoms in total. The maximum absolute atomic E-state index is 14.7. The van der Waals surface area contributed by atoms with Gasteiger partial charge in [0.25, 0.3) is 5.91 Å². The number of hydrogen-bond acceptors (Lipinski definition) is 7. The van der Waals surface area contributed by atoms with Crippen LogP contribution in [0.3, 0.4) is 0 Å². The van der Waals surface area contributed by atoms with E-state index in [-0.39, 0.29) is 23.2 Å². The summed E-state index contributed by atoms with van der Waals surface area (Å²) in [6.07, 6.45) is 2.36. The second-order valence-corrected chi connectivity index (χ2v) is 8.07. The smallest absolute Gasteiger partial charge is 0.252 e. The van der Waals surface area contributed by atoms with E-state index in [4.69, 9.17) is 16.2 Å². The van der Waals surface area contributed by atoms with Gasteiger partial charge in [-0.2, -0.15) is 0 Å². The molecule has 3 aromatic rings. The third kappa shape index (κ3) is 6.17. The van der Waals surface area contributed by atoms with Crippen molar-refractivity contribution in [2.24, 2.45) is 17.4 Å². The molecule has 0 aliphatic carbocycles. The van der Waals surface area contributed by atoms with Crippen LogP contribution in [0.25, 0.3) is 11.3 Å². The Balaban J connectivity index is 1.94. The van der Waals surface area contributed by atoms with Gasteiger partial charge in [-0.05, 0) is 42.7 Å². The summed E-state index contributed by atoms with van der Waals surface area (Å²) < 4.78 is 20.0. The van der Waals surface area contributed by atoms with Gasteiger partial charge in [-0.25, -0.2) is 9.37 Å². The number of benzene rings is 1. The number of nitrogens with zero attached hydrogens (tertiary/aromatic N) is 2. The van der Waals surface area contributed by atoms with Crippen molar-refractivity contribution >= 4 is 23.2 Å². The Hall–Kier alpha value is -3.72. The maximum atomic E-state index is 14.7. The number of hydrogen-bond donors (Lipinski definition) is 4. The van der Waals surface area contributed by atoms with Crippen molar-refractivity contribution in [2.75, 3.05) is 24.3 Å². The number of nitrogens with two attached hydrogens (primary N) is 2. The fraction of sp³-hybridized carbons (Fsp3) is 0.292. The quantitative estimate of drug-likeness (QED) is 0.367. The molecule has 1 atom stereocenters. The summed E-state index contributed by atoms with van der Waals surface area (Å²) in [5.41, 5.74) is 13.4. The van der Waals surface area contributed by atoms with E-state index in [0.29, 0.717) is 29.6 Å². The first-order valence-electron chi connectivity index (χ1n) is 10.6. The number of aromatic nitrogens is 2. The largest absolute Gasteiger partial charge is 0.497 e. The van der Waals surface area contributed by atoms with Crippen molar-refractivity contribution in [1.29, 1.82) is 0 Å². The number of anilines is 3. The van der Waals surface area contributed by atoms with Crippen molar-refractivity contribution in [3.8, 4) is 17.0 Å². The summed E-state index contributed by atoms with van der Waals surface area (Å²) in [6, 6.07) is 11.9. The molecule has 2 aromatic heterocycles. The van der Waals surface area contributed by atoms with Gasteiger partial charge in [0.2, 0.25) is 0 Å². The molecule has 1 unspecified atom stereocenters. The standard InChI is InChI=1S/C24H29FN6O2/c1-14(2)9-17(13-26)30-24-20(25)12-19(22(27)32)23(31-24)29-16-7-8-28-21(11-16)15-5-4-6-18(10-15)33-3/h4-8,10-12,14,17H,9,13,26H2,1-3H3,(H2,27,32)(H2,28,29,30,31). The van der Waals surface area contributed by atoms with E-state index in [1.54, 1.807) is 25.4 Å². The minimum Gasteiger partial charge on any atom is -0.497 e. The van der Waals surface area contributed by atoms with Gasteiger partial charge in [0.15, 0.2) is 11.6 Å². The minimum atomic E-state index is -0.796. The Morgan fingerprint density at radius 2 is 1.97 bits per heavy atom. The molecule has 0 saturated carbocycles. The van der Waals surface area contributed by atoms with Crippen molar-refractivity contribution < 1.29 is 13.9 Å². The molecule has 0 radical (unpaired) electrons. The highest BCUT2D eigenvalue weighted by Crippen LogP contribution is 2.28. The van der Waals surface area contributed by atoms with Crippen molar-refractivity contribution in [3.05, 3.63) is 60.0 Å². The molecule has 0 fully saturated rings. The van der Waals surface area contributed by atoms with Crippen LogP contribution in [0, 0.1) is 11.7 Å². The molecule has 1 amide bonds. The molecule has 9 heteroatoms. The average molecular weight is 453 g/mol. The Labute approximate surface area is 192 Å². The highest BCUT2D eigenvalue weighted by molar-refractivity contribution is 5.98. The molecule has 0 spiro atoms. The van der Waals surface area contributed by atoms with Crippen LogP contribution < -0.4 is 26.8 Å². The van der Waals surface area contributed by atoms with Crippen LogP contribution in [0.15, 0.2) is 48.7 Å². The molecule has 0 aliphatic rings. The van der Waals surface area contributed by atoms with E-state index in [1.165, 1.54) is 0 Å². The van der Waals surface area contributed by atoms with E-state index in [1.807, 2.05) is 24.3 Å². The zero-order valence-corrected chi connectivity index (χ0v) is 18.9. The van der Waals surface area contributed by atoms with Gasteiger partial charge in [0.1, 0.15) is 11.6 Å². The van der Waals surface area contributed by atoms with Gasteiger partial charge in [0, 0.05) is 30.0 Å². The Kier molecular flexibility index (Phi) is 7.78. The molecule has 1 aromatic carbocycles. The predicted octanol–water partition coefficient (Wildman–Crippen LogP) is 3.92. The van der Waals surface area contributed by atoms with Crippen LogP contribution in [-0.2, 0) is 0 Å². The van der Waals surface area contributed by atoms with Crippen LogP contribution in [0.4, 0.5) is 21.7 Å². The van der Waals surface area contributed by atoms with Gasteiger partial charge in [0.05, 0.1) is 18.4 Å². The lowest BCUT2D eigenvalue weighted by Crippen LogP contribution is -2.31. The van der Waals surface area contributed by atoms with Crippen LogP contribution in [0.1, 0.15) is 30.6 Å². The van der Waals surface area contributed by atoms with Gasteiger partial charge < -0.3 is 26.8 Å². The number of amides is 1. The van der Waals surface area contributed by atoms with Crippen LogP contribution in [-0.4, -0.2) is 35.6 Å². The van der Waals surface area contributed by atoms with E-state index in [2.05, 4.69) is 34.4 Å². The molecule has 0 saturated heterocycles. The van der Waals surface area contributed by atoms with Crippen LogP contribution in [0.2, 0.25) is 0 Å². The lowest BCUT2D eigenvalue weighted by molar-refractivity contribution is 0.100. The predicted molar refractivity (Wildman–Crippen MR) is 128 cm³/mol. The first-order chi connectivity index (χ1) is 15.8. The number of rotatable bonds is 10. The number of pyridine rings is 2. The van der Waals surface area contributed by atoms with Gasteiger partial charge in [-0.3, -0.25) is 9.78 Å². The second-order valence-electron chi connectivity index (χ2n) is 8.07. The summed E-state index contributed by atoms with van der Waals surface area (Å²) in [7, 11) is 1.60. The fourth-order valence-electron chi connectivity index (χ4n) is 3.43. The SMILES string of the molecule is COc1cccc(-c2cc(Nc3nc(NC(CN)CC(C)C)c(F)cc3C(N)=O)ccn2)c1. The van der Waals surface area contributed by atoms with Gasteiger partial charge in [-0.15, -0.1) is 0 Å². The first kappa shape index (κ1) is 23.9. The molecule has 0 aliphatic heterocycles. The number of carbonyl (C=O) groups excluding carboxylic acids is 1. The Bertz CT molecular complexity index is 1120. The minimum absolute atomic E-state index is 0.000625. The summed E-state index contributed by atoms with van der Waals surface area (Å²) >= 11 is 0. The average Bonchev–Trinajstić information content (AvgIpc) is 2.80. The highest BCUT2D eigenvalue weighted by Gasteiger charge is 2.19. The number of ether oxygens (including phenoxy) is 1. The third-order valence-electron chi connectivity index (χ3n) is 5.01.